The molecule has 0 unspecified atom stereocenters. The summed E-state index contributed by atoms with van der Waals surface area (Å²) in [7, 11) is 0. The van der Waals surface area contributed by atoms with Crippen LogP contribution in [0.5, 0.6) is 0 Å². The topological polar surface area (TPSA) is 40.6 Å². The van der Waals surface area contributed by atoms with Gasteiger partial charge in [-0.15, -0.1) is 0 Å². The second kappa shape index (κ2) is 4.45. The monoisotopic (exact) mass is 318 g/mol. The first-order valence-corrected chi connectivity index (χ1v) is 9.10. The third-order valence-corrected chi connectivity index (χ3v) is 7.60. The van der Waals surface area contributed by atoms with E-state index >= 15 is 0 Å². The smallest absolute Gasteiger partial charge is 0.149 e. The Labute approximate surface area is 139 Å². The molecule has 23 heavy (non-hydrogen) atoms. The molecule has 5 fully saturated rings. The zero-order chi connectivity index (χ0) is 16.8. The van der Waals surface area contributed by atoms with Crippen LogP contribution in [0.25, 0.3) is 0 Å². The highest BCUT2D eigenvalue weighted by Gasteiger charge is 2.62. The molecule has 4 nitrogen and oxygen atoms in total. The summed E-state index contributed by atoms with van der Waals surface area (Å²) in [6, 6.07) is 0. The predicted octanol–water partition coefficient (Wildman–Crippen LogP) is 2.18. The first-order valence-electron chi connectivity index (χ1n) is 9.10. The summed E-state index contributed by atoms with van der Waals surface area (Å²) in [5.41, 5.74) is -0.204. The molecule has 4 bridgehead atoms. The van der Waals surface area contributed by atoms with Crippen LogP contribution in [-0.4, -0.2) is 53.7 Å². The molecule has 1 aliphatic carbocycles. The first kappa shape index (κ1) is 15.8. The minimum Gasteiger partial charge on any atom is -0.300 e. The number of hydrogen-bond acceptors (Lipinski definition) is 4. The van der Waals surface area contributed by atoms with Crippen molar-refractivity contribution >= 4 is 11.6 Å². The number of nitrogens with zero attached hydrogens (tertiary/aromatic N) is 2. The number of Topliss-reactive ketones (excluding diaryl/α,β-unsaturated/α-hetero) is 2. The molecule has 128 valence electrons. The Kier molecular flexibility index (Phi) is 3.05. The van der Waals surface area contributed by atoms with E-state index in [9.17, 15) is 9.59 Å². The summed E-state index contributed by atoms with van der Waals surface area (Å²) in [6.07, 6.45) is 2.67. The van der Waals surface area contributed by atoms with E-state index in [0.717, 1.165) is 39.0 Å². The molecule has 0 aromatic carbocycles. The van der Waals surface area contributed by atoms with Crippen molar-refractivity contribution in [3.05, 3.63) is 0 Å². The van der Waals surface area contributed by atoms with Gasteiger partial charge in [-0.3, -0.25) is 19.4 Å². The third-order valence-electron chi connectivity index (χ3n) is 7.60. The zero-order valence-corrected chi connectivity index (χ0v) is 15.2. The van der Waals surface area contributed by atoms with Gasteiger partial charge in [0, 0.05) is 32.1 Å². The van der Waals surface area contributed by atoms with Crippen molar-refractivity contribution in [3.8, 4) is 0 Å². The van der Waals surface area contributed by atoms with Gasteiger partial charge in [0.25, 0.3) is 0 Å². The summed E-state index contributed by atoms with van der Waals surface area (Å²) >= 11 is 0. The van der Waals surface area contributed by atoms with Crippen LogP contribution in [-0.2, 0) is 9.59 Å². The Hall–Kier alpha value is -0.740. The van der Waals surface area contributed by atoms with Crippen molar-refractivity contribution < 1.29 is 9.59 Å². The van der Waals surface area contributed by atoms with E-state index in [2.05, 4.69) is 37.5 Å². The summed E-state index contributed by atoms with van der Waals surface area (Å²) < 4.78 is 0. The van der Waals surface area contributed by atoms with Crippen molar-refractivity contribution in [2.45, 2.75) is 53.6 Å². The fourth-order valence-corrected chi connectivity index (χ4v) is 6.33. The van der Waals surface area contributed by atoms with E-state index in [4.69, 9.17) is 0 Å². The van der Waals surface area contributed by atoms with Crippen LogP contribution in [0.15, 0.2) is 0 Å². The van der Waals surface area contributed by atoms with E-state index in [0.29, 0.717) is 23.7 Å². The molecule has 4 heterocycles. The number of ketones is 2. The highest BCUT2D eigenvalue weighted by Crippen LogP contribution is 2.56. The van der Waals surface area contributed by atoms with Gasteiger partial charge in [0.05, 0.1) is 17.0 Å². The third kappa shape index (κ3) is 1.97. The Morgan fingerprint density at radius 2 is 1.52 bits per heavy atom. The van der Waals surface area contributed by atoms with Gasteiger partial charge in [0.1, 0.15) is 11.6 Å². The normalized spacial score (nSPS) is 53.3. The summed E-state index contributed by atoms with van der Waals surface area (Å²) in [4.78, 5) is 29.7. The van der Waals surface area contributed by atoms with Gasteiger partial charge >= 0.3 is 0 Å². The Balaban J connectivity index is 1.51. The maximum atomic E-state index is 12.7. The van der Waals surface area contributed by atoms with Gasteiger partial charge in [-0.05, 0) is 31.1 Å². The van der Waals surface area contributed by atoms with E-state index < -0.39 is 0 Å². The molecule has 0 spiro atoms. The standard InChI is InChI=1S/C19H30N2O2/c1-12(22)14-6-13(17(14,2)3)7-15-20-8-18(4)9-21(15)11-19(5,10-20)16(18)23/h13-15H,6-11H2,1-5H3/t13-,14+,15?,18?,19?/m1/s1. The van der Waals surface area contributed by atoms with Crippen molar-refractivity contribution in [3.63, 3.8) is 0 Å². The molecule has 4 heteroatoms. The number of rotatable bonds is 3. The lowest BCUT2D eigenvalue weighted by Gasteiger charge is -2.66. The molecule has 0 aromatic heterocycles. The molecule has 5 aliphatic rings. The van der Waals surface area contributed by atoms with Crippen molar-refractivity contribution in [2.75, 3.05) is 26.2 Å². The van der Waals surface area contributed by atoms with Crippen LogP contribution in [0, 0.1) is 28.1 Å². The second-order valence-corrected chi connectivity index (χ2v) is 9.89. The highest BCUT2D eigenvalue weighted by atomic mass is 16.1. The minimum absolute atomic E-state index is 0.131. The molecule has 5 rings (SSSR count). The van der Waals surface area contributed by atoms with Gasteiger partial charge in [-0.1, -0.05) is 27.7 Å². The second-order valence-electron chi connectivity index (χ2n) is 9.89. The van der Waals surface area contributed by atoms with Gasteiger partial charge in [0.15, 0.2) is 0 Å². The van der Waals surface area contributed by atoms with Crippen LogP contribution < -0.4 is 0 Å². The largest absolute Gasteiger partial charge is 0.300 e. The SMILES string of the molecule is CC(=O)[C@@H]1C[C@H](CC2N3CC4(C)CN2CC(C)(C3)C4=O)C1(C)C. The summed E-state index contributed by atoms with van der Waals surface area (Å²) in [6.45, 7) is 14.3. The van der Waals surface area contributed by atoms with E-state index in [1.807, 2.05) is 0 Å². The fourth-order valence-electron chi connectivity index (χ4n) is 6.33. The van der Waals surface area contributed by atoms with Crippen LogP contribution in [0.4, 0.5) is 0 Å². The average molecular weight is 318 g/mol. The number of carbonyl (C=O) groups is 2. The van der Waals surface area contributed by atoms with E-state index in [1.165, 1.54) is 0 Å². The molecule has 0 aromatic rings. The first-order chi connectivity index (χ1) is 10.6. The average Bonchev–Trinajstić information content (AvgIpc) is 2.40. The van der Waals surface area contributed by atoms with Crippen LogP contribution in [0.2, 0.25) is 0 Å². The zero-order valence-electron chi connectivity index (χ0n) is 15.2. The van der Waals surface area contributed by atoms with Crippen molar-refractivity contribution in [1.82, 2.24) is 9.80 Å². The number of carbonyl (C=O) groups excluding carboxylic acids is 2. The highest BCUT2D eigenvalue weighted by molar-refractivity contribution is 5.92. The van der Waals surface area contributed by atoms with Crippen LogP contribution in [0.3, 0.4) is 0 Å². The minimum atomic E-state index is -0.168. The molecule has 2 atom stereocenters. The number of hydrogen-bond donors (Lipinski definition) is 0. The lowest BCUT2D eigenvalue weighted by Crippen LogP contribution is -2.78. The fraction of sp³-hybridized carbons (Fsp3) is 0.895. The lowest BCUT2D eigenvalue weighted by molar-refractivity contribution is -0.203. The van der Waals surface area contributed by atoms with Crippen molar-refractivity contribution in [2.24, 2.45) is 28.1 Å². The van der Waals surface area contributed by atoms with Gasteiger partial charge in [-0.25, -0.2) is 0 Å². The van der Waals surface area contributed by atoms with Crippen molar-refractivity contribution in [1.29, 1.82) is 0 Å². The molecule has 1 saturated carbocycles. The Bertz CT molecular complexity index is 542. The molecule has 0 amide bonds. The summed E-state index contributed by atoms with van der Waals surface area (Å²) in [5, 5.41) is 0. The van der Waals surface area contributed by atoms with Crippen LogP contribution >= 0.6 is 0 Å². The Morgan fingerprint density at radius 3 is 1.91 bits per heavy atom. The van der Waals surface area contributed by atoms with Crippen LogP contribution in [0.1, 0.15) is 47.5 Å². The molecule has 0 N–H and O–H groups in total. The summed E-state index contributed by atoms with van der Waals surface area (Å²) in [5.74, 6) is 1.69. The lowest BCUT2D eigenvalue weighted by atomic mass is 9.52. The van der Waals surface area contributed by atoms with Gasteiger partial charge in [-0.2, -0.15) is 0 Å². The Morgan fingerprint density at radius 1 is 1.04 bits per heavy atom. The maximum Gasteiger partial charge on any atom is 0.149 e. The molecule has 4 aliphatic heterocycles. The predicted molar refractivity (Wildman–Crippen MR) is 88.8 cm³/mol. The quantitative estimate of drug-likeness (QED) is 0.800. The van der Waals surface area contributed by atoms with Gasteiger partial charge < -0.3 is 0 Å². The maximum absolute atomic E-state index is 12.7. The van der Waals surface area contributed by atoms with E-state index in [1.54, 1.807) is 6.92 Å². The molecular weight excluding hydrogens is 288 g/mol. The number of piperidine rings is 2. The molecule has 4 saturated heterocycles. The molecule has 0 radical (unpaired) electrons. The van der Waals surface area contributed by atoms with Gasteiger partial charge in [0.2, 0.25) is 0 Å². The molecular formula is C19H30N2O2. The van der Waals surface area contributed by atoms with E-state index in [-0.39, 0.29) is 22.2 Å².